The molecule has 1 aromatic heterocycles. The Kier molecular flexibility index (Phi) is 5.68. The zero-order chi connectivity index (χ0) is 22.1. The highest BCUT2D eigenvalue weighted by Gasteiger charge is 2.36. The van der Waals surface area contributed by atoms with Crippen molar-refractivity contribution >= 4 is 23.2 Å². The van der Waals surface area contributed by atoms with Gasteiger partial charge in [-0.25, -0.2) is 0 Å². The third-order valence-corrected chi connectivity index (χ3v) is 5.78. The molecule has 2 heterocycles. The van der Waals surface area contributed by atoms with Crippen molar-refractivity contribution in [3.05, 3.63) is 80.3 Å². The van der Waals surface area contributed by atoms with E-state index in [1.807, 2.05) is 25.1 Å². The number of aromatic nitrogens is 2. The lowest BCUT2D eigenvalue weighted by atomic mass is 9.83. The zero-order valence-corrected chi connectivity index (χ0v) is 18.2. The molecular formula is C22H18Cl2N4O3. The molecule has 1 unspecified atom stereocenters. The van der Waals surface area contributed by atoms with Gasteiger partial charge < -0.3 is 19.9 Å². The number of nitrogens with two attached hydrogens (primary N) is 1. The Morgan fingerprint density at radius 1 is 1.26 bits per heavy atom. The van der Waals surface area contributed by atoms with Crippen molar-refractivity contribution in [3.8, 4) is 23.4 Å². The molecule has 0 amide bonds. The average molecular weight is 457 g/mol. The zero-order valence-electron chi connectivity index (χ0n) is 16.7. The monoisotopic (exact) mass is 456 g/mol. The summed E-state index contributed by atoms with van der Waals surface area (Å²) in [6.07, 6.45) is 0. The minimum atomic E-state index is -0.536. The van der Waals surface area contributed by atoms with Gasteiger partial charge >= 0.3 is 0 Å². The lowest BCUT2D eigenvalue weighted by Gasteiger charge is -2.26. The van der Waals surface area contributed by atoms with E-state index in [4.69, 9.17) is 43.1 Å². The number of H-pyrrole nitrogens is 1. The minimum absolute atomic E-state index is 0.00440. The van der Waals surface area contributed by atoms with E-state index in [1.54, 1.807) is 25.3 Å². The summed E-state index contributed by atoms with van der Waals surface area (Å²) in [6, 6.07) is 12.9. The van der Waals surface area contributed by atoms with E-state index in [9.17, 15) is 5.26 Å². The Morgan fingerprint density at radius 2 is 2.06 bits per heavy atom. The molecule has 0 spiro atoms. The maximum Gasteiger partial charge on any atom is 0.244 e. The molecule has 0 saturated carbocycles. The first-order chi connectivity index (χ1) is 14.9. The highest BCUT2D eigenvalue weighted by Crippen LogP contribution is 2.47. The van der Waals surface area contributed by atoms with Crippen LogP contribution >= 0.6 is 23.2 Å². The van der Waals surface area contributed by atoms with Gasteiger partial charge in [0.25, 0.3) is 0 Å². The van der Waals surface area contributed by atoms with Crippen molar-refractivity contribution in [1.29, 1.82) is 5.26 Å². The van der Waals surface area contributed by atoms with Crippen LogP contribution in [0.2, 0.25) is 10.0 Å². The summed E-state index contributed by atoms with van der Waals surface area (Å²) >= 11 is 12.1. The lowest BCUT2D eigenvalue weighted by Crippen LogP contribution is -2.21. The third-order valence-electron chi connectivity index (χ3n) is 5.04. The first-order valence-corrected chi connectivity index (χ1v) is 10.1. The van der Waals surface area contributed by atoms with Crippen LogP contribution in [-0.4, -0.2) is 17.3 Å². The molecular weight excluding hydrogens is 439 g/mol. The number of rotatable bonds is 5. The van der Waals surface area contributed by atoms with Gasteiger partial charge in [0.05, 0.1) is 23.1 Å². The molecule has 0 bridgehead atoms. The van der Waals surface area contributed by atoms with Crippen LogP contribution in [0.3, 0.4) is 0 Å². The second kappa shape index (κ2) is 8.42. The Bertz CT molecular complexity index is 1230. The second-order valence-corrected chi connectivity index (χ2v) is 7.72. The van der Waals surface area contributed by atoms with E-state index in [-0.39, 0.29) is 18.1 Å². The number of fused-ring (bicyclic) bond motifs is 1. The number of allylic oxidation sites excluding steroid dienone is 1. The predicted molar refractivity (Wildman–Crippen MR) is 116 cm³/mol. The molecule has 158 valence electrons. The molecule has 1 aliphatic heterocycles. The molecule has 0 radical (unpaired) electrons. The standard InChI is InChI=1S/C22H18Cl2N4O3/c1-11-18-19(14(9-25)21(26)31-22(18)28-27-11)13-4-3-5-17(29-2)20(13)30-10-12-6-7-15(23)16(24)8-12/h3-8,19H,10,26H2,1-2H3,(H,27,28). The number of hydrogen-bond donors (Lipinski definition) is 2. The fourth-order valence-electron chi connectivity index (χ4n) is 3.57. The number of para-hydroxylation sites is 1. The summed E-state index contributed by atoms with van der Waals surface area (Å²) in [5.74, 6) is 0.797. The predicted octanol–water partition coefficient (Wildman–Crippen LogP) is 4.83. The van der Waals surface area contributed by atoms with Crippen LogP contribution in [0, 0.1) is 18.3 Å². The number of halogens is 2. The number of nitrogens with zero attached hydrogens (tertiary/aromatic N) is 2. The third kappa shape index (κ3) is 3.76. The molecule has 0 saturated heterocycles. The van der Waals surface area contributed by atoms with Crippen LogP contribution < -0.4 is 19.9 Å². The maximum absolute atomic E-state index is 9.83. The van der Waals surface area contributed by atoms with Crippen LogP contribution in [0.15, 0.2) is 47.9 Å². The molecule has 4 rings (SSSR count). The topological polar surface area (TPSA) is 106 Å². The maximum atomic E-state index is 9.83. The lowest BCUT2D eigenvalue weighted by molar-refractivity contribution is 0.280. The molecule has 1 atom stereocenters. The van der Waals surface area contributed by atoms with Gasteiger partial charge in [0, 0.05) is 16.8 Å². The summed E-state index contributed by atoms with van der Waals surface area (Å²) in [6.45, 7) is 2.07. The number of benzene rings is 2. The fourth-order valence-corrected chi connectivity index (χ4v) is 3.89. The van der Waals surface area contributed by atoms with Crippen molar-refractivity contribution in [2.45, 2.75) is 19.4 Å². The quantitative estimate of drug-likeness (QED) is 0.569. The van der Waals surface area contributed by atoms with E-state index in [0.29, 0.717) is 33.0 Å². The largest absolute Gasteiger partial charge is 0.493 e. The molecule has 1 aliphatic rings. The van der Waals surface area contributed by atoms with Crippen molar-refractivity contribution in [1.82, 2.24) is 10.2 Å². The number of nitriles is 1. The fraction of sp³-hybridized carbons (Fsp3) is 0.182. The molecule has 0 fully saturated rings. The molecule has 3 aromatic rings. The average Bonchev–Trinajstić information content (AvgIpc) is 3.13. The Hall–Kier alpha value is -3.34. The van der Waals surface area contributed by atoms with E-state index < -0.39 is 5.92 Å². The van der Waals surface area contributed by atoms with Gasteiger partial charge in [-0.2, -0.15) is 5.26 Å². The highest BCUT2D eigenvalue weighted by molar-refractivity contribution is 6.42. The number of ether oxygens (including phenoxy) is 3. The smallest absolute Gasteiger partial charge is 0.244 e. The highest BCUT2D eigenvalue weighted by atomic mass is 35.5. The van der Waals surface area contributed by atoms with Gasteiger partial charge in [-0.3, -0.25) is 5.10 Å². The number of aromatic amines is 1. The first kappa shape index (κ1) is 20.9. The molecule has 0 aliphatic carbocycles. The molecule has 2 aromatic carbocycles. The van der Waals surface area contributed by atoms with Gasteiger partial charge in [0.2, 0.25) is 11.8 Å². The van der Waals surface area contributed by atoms with E-state index in [2.05, 4.69) is 16.3 Å². The molecule has 31 heavy (non-hydrogen) atoms. The van der Waals surface area contributed by atoms with Crippen molar-refractivity contribution in [2.75, 3.05) is 7.11 Å². The van der Waals surface area contributed by atoms with Crippen LogP contribution in [-0.2, 0) is 6.61 Å². The Morgan fingerprint density at radius 3 is 2.77 bits per heavy atom. The molecule has 3 N–H and O–H groups in total. The Balaban J connectivity index is 1.81. The number of hydrogen-bond acceptors (Lipinski definition) is 6. The van der Waals surface area contributed by atoms with Gasteiger partial charge in [-0.05, 0) is 30.7 Å². The number of aryl methyl sites for hydroxylation is 1. The van der Waals surface area contributed by atoms with Crippen LogP contribution in [0.1, 0.15) is 28.3 Å². The second-order valence-electron chi connectivity index (χ2n) is 6.91. The number of methoxy groups -OCH3 is 1. The van der Waals surface area contributed by atoms with Crippen molar-refractivity contribution in [3.63, 3.8) is 0 Å². The first-order valence-electron chi connectivity index (χ1n) is 9.30. The minimum Gasteiger partial charge on any atom is -0.493 e. The normalized spacial score (nSPS) is 15.1. The Labute approximate surface area is 188 Å². The van der Waals surface area contributed by atoms with Crippen LogP contribution in [0.25, 0.3) is 0 Å². The summed E-state index contributed by atoms with van der Waals surface area (Å²) in [5, 5.41) is 17.8. The molecule has 9 heteroatoms. The summed E-state index contributed by atoms with van der Waals surface area (Å²) in [5.41, 5.74) is 9.32. The summed E-state index contributed by atoms with van der Waals surface area (Å²) < 4.78 is 17.3. The van der Waals surface area contributed by atoms with Gasteiger partial charge in [-0.15, -0.1) is 5.10 Å². The van der Waals surface area contributed by atoms with E-state index in [0.717, 1.165) is 16.8 Å². The van der Waals surface area contributed by atoms with Gasteiger partial charge in [-0.1, -0.05) is 41.4 Å². The molecule has 7 nitrogen and oxygen atoms in total. The van der Waals surface area contributed by atoms with Crippen molar-refractivity contribution in [2.24, 2.45) is 5.73 Å². The van der Waals surface area contributed by atoms with Crippen molar-refractivity contribution < 1.29 is 14.2 Å². The summed E-state index contributed by atoms with van der Waals surface area (Å²) in [4.78, 5) is 0. The number of nitrogens with one attached hydrogen (secondary N) is 1. The van der Waals surface area contributed by atoms with E-state index in [1.165, 1.54) is 0 Å². The van der Waals surface area contributed by atoms with Crippen LogP contribution in [0.5, 0.6) is 17.4 Å². The van der Waals surface area contributed by atoms with Gasteiger partial charge in [0.15, 0.2) is 11.5 Å². The summed E-state index contributed by atoms with van der Waals surface area (Å²) in [7, 11) is 1.55. The van der Waals surface area contributed by atoms with E-state index >= 15 is 0 Å². The van der Waals surface area contributed by atoms with Crippen LogP contribution in [0.4, 0.5) is 0 Å². The van der Waals surface area contributed by atoms with Gasteiger partial charge in [0.1, 0.15) is 18.2 Å². The SMILES string of the molecule is COc1cccc(C2C(C#N)=C(N)Oc3n[nH]c(C)c32)c1OCc1ccc(Cl)c(Cl)c1.